The van der Waals surface area contributed by atoms with Crippen LogP contribution < -0.4 is 9.47 Å². The lowest BCUT2D eigenvalue weighted by atomic mass is 9.97. The molecule has 2 N–H and O–H groups in total. The summed E-state index contributed by atoms with van der Waals surface area (Å²) in [6.45, 7) is 0.759. The van der Waals surface area contributed by atoms with Gasteiger partial charge in [0.15, 0.2) is 9.84 Å². The van der Waals surface area contributed by atoms with Gasteiger partial charge < -0.3 is 19.7 Å². The van der Waals surface area contributed by atoms with Gasteiger partial charge >= 0.3 is 11.9 Å². The van der Waals surface area contributed by atoms with E-state index in [1.54, 1.807) is 18.2 Å². The van der Waals surface area contributed by atoms with Crippen LogP contribution in [0.3, 0.4) is 0 Å². The van der Waals surface area contributed by atoms with Gasteiger partial charge in [0.05, 0.1) is 18.1 Å². The maximum atomic E-state index is 11.8. The molecule has 0 unspecified atom stereocenters. The van der Waals surface area contributed by atoms with E-state index in [1.165, 1.54) is 6.26 Å². The van der Waals surface area contributed by atoms with Crippen LogP contribution in [0.2, 0.25) is 0 Å². The van der Waals surface area contributed by atoms with Crippen LogP contribution >= 0.6 is 22.6 Å². The highest BCUT2D eigenvalue weighted by molar-refractivity contribution is 14.1. The Bertz CT molecular complexity index is 1130. The van der Waals surface area contributed by atoms with Crippen LogP contribution in [0.15, 0.2) is 41.3 Å². The summed E-state index contributed by atoms with van der Waals surface area (Å²) in [4.78, 5) is 22.1. The molecule has 198 valence electrons. The molecule has 0 bridgehead atoms. The third-order valence-corrected chi connectivity index (χ3v) is 7.21. The topological polar surface area (TPSA) is 127 Å². The van der Waals surface area contributed by atoms with Gasteiger partial charge in [-0.3, -0.25) is 9.59 Å². The third kappa shape index (κ3) is 11.2. The zero-order valence-electron chi connectivity index (χ0n) is 20.4. The minimum atomic E-state index is -3.29. The van der Waals surface area contributed by atoms with E-state index < -0.39 is 21.8 Å². The van der Waals surface area contributed by atoms with Gasteiger partial charge in [-0.1, -0.05) is 25.0 Å². The minimum Gasteiger partial charge on any atom is -0.494 e. The van der Waals surface area contributed by atoms with Crippen molar-refractivity contribution in [3.8, 4) is 11.5 Å². The molecule has 2 rings (SSSR count). The predicted molar refractivity (Wildman–Crippen MR) is 145 cm³/mol. The summed E-state index contributed by atoms with van der Waals surface area (Å²) in [5, 5.41) is 17.9. The molecule has 0 atom stereocenters. The molecule has 2 aromatic rings. The predicted octanol–water partition coefficient (Wildman–Crippen LogP) is 5.14. The maximum Gasteiger partial charge on any atom is 0.303 e. The molecule has 36 heavy (non-hydrogen) atoms. The number of benzene rings is 2. The van der Waals surface area contributed by atoms with Crippen molar-refractivity contribution < 1.29 is 37.7 Å². The molecule has 0 aliphatic heterocycles. The Balaban J connectivity index is 1.83. The van der Waals surface area contributed by atoms with E-state index in [2.05, 4.69) is 22.6 Å². The van der Waals surface area contributed by atoms with E-state index in [0.717, 1.165) is 46.8 Å². The first kappa shape index (κ1) is 29.9. The van der Waals surface area contributed by atoms with E-state index in [-0.39, 0.29) is 24.3 Å². The lowest BCUT2D eigenvalue weighted by molar-refractivity contribution is -0.138. The van der Waals surface area contributed by atoms with E-state index in [9.17, 15) is 18.0 Å². The number of carboxylic acid groups (broad SMARTS) is 2. The Morgan fingerprint density at radius 1 is 0.861 bits per heavy atom. The SMILES string of the molecule is CS(=O)(=O)c1cc(I)cc(OCCCCCCc2cccc(OCCCC(=O)O)c2CCC(=O)O)c1. The number of carbonyl (C=O) groups is 2. The number of unbranched alkanes of at least 4 members (excludes halogenated alkanes) is 3. The second-order valence-corrected chi connectivity index (χ2v) is 11.8. The van der Waals surface area contributed by atoms with Crippen LogP contribution in [0.1, 0.15) is 56.1 Å². The van der Waals surface area contributed by atoms with Crippen molar-refractivity contribution >= 4 is 44.4 Å². The monoisotopic (exact) mass is 632 g/mol. The number of hydrogen-bond donors (Lipinski definition) is 2. The lowest BCUT2D eigenvalue weighted by Gasteiger charge is -2.15. The second-order valence-electron chi connectivity index (χ2n) is 8.54. The number of hydrogen-bond acceptors (Lipinski definition) is 6. The molecule has 0 heterocycles. The van der Waals surface area contributed by atoms with Gasteiger partial charge in [-0.2, -0.15) is 0 Å². The molecule has 0 aliphatic carbocycles. The van der Waals surface area contributed by atoms with Crippen LogP contribution in [-0.2, 0) is 32.3 Å². The second kappa shape index (κ2) is 15.0. The first-order chi connectivity index (χ1) is 17.1. The van der Waals surface area contributed by atoms with Crippen LogP contribution in [0.5, 0.6) is 11.5 Å². The Morgan fingerprint density at radius 2 is 1.56 bits per heavy atom. The van der Waals surface area contributed by atoms with Crippen molar-refractivity contribution in [3.63, 3.8) is 0 Å². The van der Waals surface area contributed by atoms with Crippen molar-refractivity contribution in [2.75, 3.05) is 19.5 Å². The molecule has 0 amide bonds. The molecule has 0 spiro atoms. The molecule has 0 aromatic heterocycles. The number of carboxylic acids is 2. The maximum absolute atomic E-state index is 11.8. The standard InChI is InChI=1S/C26H33IO8S/c1-36(32,33)22-17-20(27)16-21(18-22)34-14-5-3-2-4-8-19-9-6-10-24(23(19)12-13-26(30)31)35-15-7-11-25(28)29/h6,9-10,16-18H,2-5,7-8,11-15H2,1H3,(H,28,29)(H,30,31). The van der Waals surface area contributed by atoms with Crippen LogP contribution in [-0.4, -0.2) is 50.0 Å². The Kier molecular flexibility index (Phi) is 12.5. The van der Waals surface area contributed by atoms with Crippen LogP contribution in [0.25, 0.3) is 0 Å². The summed E-state index contributed by atoms with van der Waals surface area (Å²) in [7, 11) is -3.29. The van der Waals surface area contributed by atoms with Crippen molar-refractivity contribution in [3.05, 3.63) is 51.1 Å². The number of halogens is 1. The first-order valence-electron chi connectivity index (χ1n) is 11.9. The number of aryl methyl sites for hydroxylation is 1. The fourth-order valence-corrected chi connectivity index (χ4v) is 5.22. The fourth-order valence-electron chi connectivity index (χ4n) is 3.70. The first-order valence-corrected chi connectivity index (χ1v) is 14.8. The molecule has 10 heteroatoms. The highest BCUT2D eigenvalue weighted by Gasteiger charge is 2.13. The molecule has 0 fully saturated rings. The quantitative estimate of drug-likeness (QED) is 0.182. The van der Waals surface area contributed by atoms with Crippen molar-refractivity contribution in [2.45, 2.75) is 62.7 Å². The van der Waals surface area contributed by atoms with Gasteiger partial charge in [0.1, 0.15) is 11.5 Å². The van der Waals surface area contributed by atoms with Crippen LogP contribution in [0, 0.1) is 3.57 Å². The zero-order valence-corrected chi connectivity index (χ0v) is 23.3. The fraction of sp³-hybridized carbons (Fsp3) is 0.462. The Hall–Kier alpha value is -2.34. The van der Waals surface area contributed by atoms with Crippen molar-refractivity contribution in [1.82, 2.24) is 0 Å². The smallest absolute Gasteiger partial charge is 0.303 e. The summed E-state index contributed by atoms with van der Waals surface area (Å²) in [6, 6.07) is 10.6. The number of sulfone groups is 1. The van der Waals surface area contributed by atoms with Crippen LogP contribution in [0.4, 0.5) is 0 Å². The third-order valence-electron chi connectivity index (χ3n) is 5.49. The van der Waals surface area contributed by atoms with Gasteiger partial charge in [0, 0.05) is 22.7 Å². The van der Waals surface area contributed by atoms with E-state index in [4.69, 9.17) is 19.7 Å². The summed E-state index contributed by atoms with van der Waals surface area (Å²) in [6.07, 6.45) is 6.40. The average molecular weight is 633 g/mol. The highest BCUT2D eigenvalue weighted by Crippen LogP contribution is 2.27. The number of rotatable bonds is 17. The van der Waals surface area contributed by atoms with Gasteiger partial charge in [-0.05, 0) is 90.1 Å². The summed E-state index contributed by atoms with van der Waals surface area (Å²) < 4.78 is 35.9. The van der Waals surface area contributed by atoms with Gasteiger partial charge in [-0.25, -0.2) is 8.42 Å². The van der Waals surface area contributed by atoms with E-state index in [0.29, 0.717) is 30.9 Å². The molecular weight excluding hydrogens is 599 g/mol. The average Bonchev–Trinajstić information content (AvgIpc) is 2.79. The lowest BCUT2D eigenvalue weighted by Crippen LogP contribution is -2.07. The largest absolute Gasteiger partial charge is 0.494 e. The molecule has 0 aliphatic rings. The Morgan fingerprint density at radius 3 is 2.25 bits per heavy atom. The number of ether oxygens (including phenoxy) is 2. The summed E-state index contributed by atoms with van der Waals surface area (Å²) in [5.41, 5.74) is 1.93. The molecule has 0 saturated carbocycles. The van der Waals surface area contributed by atoms with Gasteiger partial charge in [0.2, 0.25) is 0 Å². The normalized spacial score (nSPS) is 11.3. The number of aliphatic carboxylic acids is 2. The van der Waals surface area contributed by atoms with Gasteiger partial charge in [0.25, 0.3) is 0 Å². The molecular formula is C26H33IO8S. The summed E-state index contributed by atoms with van der Waals surface area (Å²) >= 11 is 2.07. The minimum absolute atomic E-state index is 0.000687. The zero-order chi connectivity index (χ0) is 26.6. The van der Waals surface area contributed by atoms with E-state index in [1.807, 2.05) is 18.2 Å². The highest BCUT2D eigenvalue weighted by atomic mass is 127. The Labute approximate surface area is 226 Å². The van der Waals surface area contributed by atoms with E-state index >= 15 is 0 Å². The van der Waals surface area contributed by atoms with Gasteiger partial charge in [-0.15, -0.1) is 0 Å². The van der Waals surface area contributed by atoms with Crippen molar-refractivity contribution in [2.24, 2.45) is 0 Å². The summed E-state index contributed by atoms with van der Waals surface area (Å²) in [5.74, 6) is -0.580. The molecule has 8 nitrogen and oxygen atoms in total. The van der Waals surface area contributed by atoms with Crippen molar-refractivity contribution in [1.29, 1.82) is 0 Å². The molecule has 0 saturated heterocycles. The molecule has 2 aromatic carbocycles. The molecule has 0 radical (unpaired) electrons.